The predicted octanol–water partition coefficient (Wildman–Crippen LogP) is 1.47. The van der Waals surface area contributed by atoms with Crippen LogP contribution in [0.25, 0.3) is 11.3 Å². The fourth-order valence-corrected chi connectivity index (χ4v) is 1.85. The zero-order chi connectivity index (χ0) is 14.7. The summed E-state index contributed by atoms with van der Waals surface area (Å²) in [7, 11) is 3.11. The second kappa shape index (κ2) is 5.70. The number of aromatic carboxylic acids is 1. The molecule has 0 aliphatic carbocycles. The summed E-state index contributed by atoms with van der Waals surface area (Å²) in [4.78, 5) is 15.6. The van der Waals surface area contributed by atoms with Crippen molar-refractivity contribution in [2.45, 2.75) is 6.92 Å². The molecule has 0 saturated heterocycles. The van der Waals surface area contributed by atoms with Crippen molar-refractivity contribution in [2.24, 2.45) is 7.05 Å². The van der Waals surface area contributed by atoms with Crippen LogP contribution >= 0.6 is 0 Å². The largest absolute Gasteiger partial charge is 0.477 e. The van der Waals surface area contributed by atoms with Crippen molar-refractivity contribution >= 4 is 5.97 Å². The summed E-state index contributed by atoms with van der Waals surface area (Å²) in [6.45, 7) is 1.92. The van der Waals surface area contributed by atoms with Crippen molar-refractivity contribution in [1.29, 1.82) is 0 Å². The highest BCUT2D eigenvalue weighted by molar-refractivity contribution is 5.93. The number of pyridine rings is 1. The number of ether oxygens (including phenoxy) is 2. The van der Waals surface area contributed by atoms with E-state index >= 15 is 0 Å². The van der Waals surface area contributed by atoms with Gasteiger partial charge in [-0.25, -0.2) is 9.78 Å². The number of rotatable bonds is 5. The maximum Gasteiger partial charge on any atom is 0.354 e. The number of aromatic nitrogens is 3. The molecule has 2 aromatic heterocycles. The Balaban J connectivity index is 2.39. The molecule has 0 fully saturated rings. The Labute approximate surface area is 115 Å². The molecule has 2 heterocycles. The van der Waals surface area contributed by atoms with Crippen molar-refractivity contribution in [3.8, 4) is 17.0 Å². The number of carboxylic acids is 1. The van der Waals surface area contributed by atoms with Gasteiger partial charge in [0.2, 0.25) is 0 Å². The van der Waals surface area contributed by atoms with E-state index in [-0.39, 0.29) is 12.5 Å². The molecule has 0 aliphatic heterocycles. The lowest BCUT2D eigenvalue weighted by atomic mass is 10.1. The number of carboxylic acid groups (broad SMARTS) is 1. The average molecular weight is 277 g/mol. The molecule has 0 radical (unpaired) electrons. The third-order valence-electron chi connectivity index (χ3n) is 2.79. The number of hydrogen-bond donors (Lipinski definition) is 1. The second-order valence-corrected chi connectivity index (χ2v) is 4.17. The SMILES string of the molecule is COCOc1ccc(-c2cnn(C)c2C(=O)O)nc1C. The molecule has 0 aromatic carbocycles. The summed E-state index contributed by atoms with van der Waals surface area (Å²) in [5.41, 5.74) is 1.77. The van der Waals surface area contributed by atoms with Crippen LogP contribution < -0.4 is 4.74 Å². The Morgan fingerprint density at radius 1 is 1.45 bits per heavy atom. The number of nitrogens with zero attached hydrogens (tertiary/aromatic N) is 3. The summed E-state index contributed by atoms with van der Waals surface area (Å²) < 4.78 is 11.5. The van der Waals surface area contributed by atoms with Crippen LogP contribution in [0.2, 0.25) is 0 Å². The quantitative estimate of drug-likeness (QED) is 0.833. The van der Waals surface area contributed by atoms with Crippen molar-refractivity contribution < 1.29 is 19.4 Å². The zero-order valence-electron chi connectivity index (χ0n) is 11.5. The molecule has 0 atom stereocenters. The van der Waals surface area contributed by atoms with E-state index in [0.29, 0.717) is 22.7 Å². The lowest BCUT2D eigenvalue weighted by Crippen LogP contribution is -2.07. The first kappa shape index (κ1) is 14.0. The van der Waals surface area contributed by atoms with E-state index in [4.69, 9.17) is 9.47 Å². The van der Waals surface area contributed by atoms with E-state index < -0.39 is 5.97 Å². The highest BCUT2D eigenvalue weighted by atomic mass is 16.7. The summed E-state index contributed by atoms with van der Waals surface area (Å²) >= 11 is 0. The van der Waals surface area contributed by atoms with Crippen molar-refractivity contribution in [2.75, 3.05) is 13.9 Å². The highest BCUT2D eigenvalue weighted by Gasteiger charge is 2.18. The summed E-state index contributed by atoms with van der Waals surface area (Å²) in [5, 5.41) is 13.2. The van der Waals surface area contributed by atoms with E-state index in [2.05, 4.69) is 10.1 Å². The molecule has 0 unspecified atom stereocenters. The maximum absolute atomic E-state index is 11.2. The molecule has 20 heavy (non-hydrogen) atoms. The number of aryl methyl sites for hydroxylation is 2. The molecule has 0 saturated carbocycles. The number of methoxy groups -OCH3 is 1. The number of carbonyl (C=O) groups is 1. The van der Waals surface area contributed by atoms with Crippen LogP contribution in [0.15, 0.2) is 18.3 Å². The molecule has 106 valence electrons. The van der Waals surface area contributed by atoms with Gasteiger partial charge in [-0.15, -0.1) is 0 Å². The molecular formula is C13H15N3O4. The first-order valence-corrected chi connectivity index (χ1v) is 5.89. The fraction of sp³-hybridized carbons (Fsp3) is 0.308. The molecule has 7 heteroatoms. The first-order chi connectivity index (χ1) is 9.54. The molecule has 2 rings (SSSR count). The zero-order valence-corrected chi connectivity index (χ0v) is 11.5. The van der Waals surface area contributed by atoms with Gasteiger partial charge >= 0.3 is 5.97 Å². The third-order valence-corrected chi connectivity index (χ3v) is 2.79. The van der Waals surface area contributed by atoms with Crippen LogP contribution in [0.1, 0.15) is 16.2 Å². The van der Waals surface area contributed by atoms with E-state index in [1.807, 2.05) is 0 Å². The van der Waals surface area contributed by atoms with E-state index in [1.165, 1.54) is 18.0 Å². The van der Waals surface area contributed by atoms with Gasteiger partial charge < -0.3 is 14.6 Å². The lowest BCUT2D eigenvalue weighted by Gasteiger charge is -2.08. The second-order valence-electron chi connectivity index (χ2n) is 4.17. The predicted molar refractivity (Wildman–Crippen MR) is 70.6 cm³/mol. The number of hydrogen-bond acceptors (Lipinski definition) is 5. The monoisotopic (exact) mass is 277 g/mol. The third kappa shape index (κ3) is 2.62. The van der Waals surface area contributed by atoms with Crippen LogP contribution in [-0.2, 0) is 11.8 Å². The van der Waals surface area contributed by atoms with Gasteiger partial charge in [0.25, 0.3) is 0 Å². The first-order valence-electron chi connectivity index (χ1n) is 5.89. The van der Waals surface area contributed by atoms with Gasteiger partial charge in [-0.2, -0.15) is 5.10 Å². The van der Waals surface area contributed by atoms with Crippen LogP contribution in [0.5, 0.6) is 5.75 Å². The van der Waals surface area contributed by atoms with Crippen LogP contribution in [0, 0.1) is 6.92 Å². The summed E-state index contributed by atoms with van der Waals surface area (Å²) in [6.07, 6.45) is 1.49. The molecule has 7 nitrogen and oxygen atoms in total. The van der Waals surface area contributed by atoms with Crippen LogP contribution in [0.3, 0.4) is 0 Å². The molecule has 0 spiro atoms. The highest BCUT2D eigenvalue weighted by Crippen LogP contribution is 2.25. The van der Waals surface area contributed by atoms with Gasteiger partial charge in [-0.05, 0) is 19.1 Å². The standard InChI is InChI=1S/C13H15N3O4/c1-8-11(20-7-19-3)5-4-10(15-8)9-6-14-16(2)12(9)13(17)18/h4-6H,7H2,1-3H3,(H,17,18). The summed E-state index contributed by atoms with van der Waals surface area (Å²) in [5.74, 6) is -0.449. The van der Waals surface area contributed by atoms with Gasteiger partial charge in [0.15, 0.2) is 12.5 Å². The Kier molecular flexibility index (Phi) is 3.99. The van der Waals surface area contributed by atoms with E-state index in [0.717, 1.165) is 0 Å². The summed E-state index contributed by atoms with van der Waals surface area (Å²) in [6, 6.07) is 3.43. The Hall–Kier alpha value is -2.41. The molecule has 2 aromatic rings. The Morgan fingerprint density at radius 3 is 2.80 bits per heavy atom. The minimum atomic E-state index is -1.04. The minimum absolute atomic E-state index is 0.0995. The van der Waals surface area contributed by atoms with Gasteiger partial charge in [0, 0.05) is 14.2 Å². The van der Waals surface area contributed by atoms with Crippen molar-refractivity contribution in [3.63, 3.8) is 0 Å². The normalized spacial score (nSPS) is 10.6. The fourth-order valence-electron chi connectivity index (χ4n) is 1.85. The molecule has 0 bridgehead atoms. The van der Waals surface area contributed by atoms with Crippen LogP contribution in [-0.4, -0.2) is 39.7 Å². The molecule has 0 aliphatic rings. The van der Waals surface area contributed by atoms with Gasteiger partial charge in [0.1, 0.15) is 5.75 Å². The molecule has 0 amide bonds. The maximum atomic E-state index is 11.2. The average Bonchev–Trinajstić information content (AvgIpc) is 2.79. The lowest BCUT2D eigenvalue weighted by molar-refractivity contribution is 0.0503. The minimum Gasteiger partial charge on any atom is -0.477 e. The Bertz CT molecular complexity index is 637. The van der Waals surface area contributed by atoms with Crippen LogP contribution in [0.4, 0.5) is 0 Å². The van der Waals surface area contributed by atoms with E-state index in [9.17, 15) is 9.90 Å². The topological polar surface area (TPSA) is 86.5 Å². The van der Waals surface area contributed by atoms with Crippen molar-refractivity contribution in [3.05, 3.63) is 29.7 Å². The van der Waals surface area contributed by atoms with Gasteiger partial charge in [-0.1, -0.05) is 0 Å². The van der Waals surface area contributed by atoms with Gasteiger partial charge in [0.05, 0.1) is 23.1 Å². The molecular weight excluding hydrogens is 262 g/mol. The van der Waals surface area contributed by atoms with E-state index in [1.54, 1.807) is 26.1 Å². The Morgan fingerprint density at radius 2 is 2.20 bits per heavy atom. The smallest absolute Gasteiger partial charge is 0.354 e. The molecule has 1 N–H and O–H groups in total. The van der Waals surface area contributed by atoms with Gasteiger partial charge in [-0.3, -0.25) is 4.68 Å². The van der Waals surface area contributed by atoms with Crippen molar-refractivity contribution in [1.82, 2.24) is 14.8 Å².